The van der Waals surface area contributed by atoms with Crippen molar-refractivity contribution in [3.8, 4) is 0 Å². The minimum Gasteiger partial charge on any atom is -0.468 e. The summed E-state index contributed by atoms with van der Waals surface area (Å²) in [5.74, 6) is -0.0301. The molecular weight excluding hydrogens is 404 g/mol. The number of hydrogen-bond donors (Lipinski definition) is 0. The number of aromatic nitrogens is 1. The van der Waals surface area contributed by atoms with Crippen LogP contribution >= 0.6 is 34.7 Å². The molecule has 0 atom stereocenters. The maximum Gasteiger partial charge on any atom is 0.325 e. The number of esters is 1. The number of ether oxygens (including phenoxy) is 1. The molecule has 0 fully saturated rings. The largest absolute Gasteiger partial charge is 0.468 e. The Hall–Kier alpha value is -2.09. The lowest BCUT2D eigenvalue weighted by atomic mass is 10.3. The van der Waals surface area contributed by atoms with E-state index in [0.717, 1.165) is 9.60 Å². The molecule has 3 aromatic rings. The van der Waals surface area contributed by atoms with Gasteiger partial charge in [0, 0.05) is 17.1 Å². The standard InChI is InChI=1S/C19H17ClN2O3S2/c1-25-17(24)12-22-18-14(20)8-5-9-15(18)27-19(22)21-16(23)10-11-26-13-6-3-2-4-7-13/h2-9H,10-12H2,1H3. The first-order valence-corrected chi connectivity index (χ1v) is 10.4. The topological polar surface area (TPSA) is 60.7 Å². The zero-order chi connectivity index (χ0) is 19.2. The Morgan fingerprint density at radius 3 is 2.70 bits per heavy atom. The second-order valence-corrected chi connectivity index (χ2v) is 8.14. The van der Waals surface area contributed by atoms with Crippen molar-refractivity contribution in [2.75, 3.05) is 12.9 Å². The van der Waals surface area contributed by atoms with Crippen molar-refractivity contribution in [1.29, 1.82) is 0 Å². The fourth-order valence-corrected chi connectivity index (χ4v) is 4.72. The minimum atomic E-state index is -0.428. The smallest absolute Gasteiger partial charge is 0.325 e. The van der Waals surface area contributed by atoms with Crippen molar-refractivity contribution in [2.45, 2.75) is 17.9 Å². The molecule has 0 spiro atoms. The number of carbonyl (C=O) groups excluding carboxylic acids is 2. The van der Waals surface area contributed by atoms with Crippen LogP contribution in [-0.4, -0.2) is 29.3 Å². The Morgan fingerprint density at radius 1 is 1.19 bits per heavy atom. The first-order valence-electron chi connectivity index (χ1n) is 8.18. The van der Waals surface area contributed by atoms with Gasteiger partial charge in [-0.1, -0.05) is 47.2 Å². The molecule has 5 nitrogen and oxygen atoms in total. The van der Waals surface area contributed by atoms with Gasteiger partial charge in [0.25, 0.3) is 0 Å². The molecule has 0 saturated carbocycles. The summed E-state index contributed by atoms with van der Waals surface area (Å²) in [6.45, 7) is -0.0505. The third kappa shape index (κ3) is 5.00. The Balaban J connectivity index is 1.83. The lowest BCUT2D eigenvalue weighted by Gasteiger charge is -2.04. The molecule has 0 radical (unpaired) electrons. The first kappa shape index (κ1) is 19.7. The lowest BCUT2D eigenvalue weighted by Crippen LogP contribution is -2.22. The number of rotatable bonds is 6. The van der Waals surface area contributed by atoms with Gasteiger partial charge >= 0.3 is 5.97 Å². The normalized spacial score (nSPS) is 11.7. The average Bonchev–Trinajstić information content (AvgIpc) is 3.00. The molecule has 0 aliphatic carbocycles. The van der Waals surface area contributed by atoms with Gasteiger partial charge in [-0.25, -0.2) is 0 Å². The number of thiazole rings is 1. The monoisotopic (exact) mass is 420 g/mol. The van der Waals surface area contributed by atoms with Gasteiger partial charge in [-0.3, -0.25) is 9.59 Å². The van der Waals surface area contributed by atoms with E-state index in [1.807, 2.05) is 42.5 Å². The molecule has 1 amide bonds. The van der Waals surface area contributed by atoms with Crippen molar-refractivity contribution in [3.05, 3.63) is 58.4 Å². The van der Waals surface area contributed by atoms with Crippen molar-refractivity contribution in [2.24, 2.45) is 4.99 Å². The molecule has 0 aliphatic rings. The van der Waals surface area contributed by atoms with Crippen molar-refractivity contribution >= 4 is 56.8 Å². The summed E-state index contributed by atoms with van der Waals surface area (Å²) in [5.41, 5.74) is 0.680. The number of nitrogens with zero attached hydrogens (tertiary/aromatic N) is 2. The van der Waals surface area contributed by atoms with E-state index >= 15 is 0 Å². The zero-order valence-corrected chi connectivity index (χ0v) is 16.9. The van der Waals surface area contributed by atoms with Crippen LogP contribution in [0.1, 0.15) is 6.42 Å². The zero-order valence-electron chi connectivity index (χ0n) is 14.6. The van der Waals surface area contributed by atoms with E-state index in [1.54, 1.807) is 22.4 Å². The van der Waals surface area contributed by atoms with E-state index in [1.165, 1.54) is 18.4 Å². The number of thioether (sulfide) groups is 1. The number of benzene rings is 2. The molecule has 27 heavy (non-hydrogen) atoms. The maximum absolute atomic E-state index is 12.3. The number of methoxy groups -OCH3 is 1. The molecule has 1 aromatic heterocycles. The number of amides is 1. The molecule has 0 saturated heterocycles. The van der Waals surface area contributed by atoms with Crippen molar-refractivity contribution < 1.29 is 14.3 Å². The van der Waals surface area contributed by atoms with Gasteiger partial charge in [0.15, 0.2) is 4.80 Å². The summed E-state index contributed by atoms with van der Waals surface area (Å²) in [7, 11) is 1.32. The van der Waals surface area contributed by atoms with Gasteiger partial charge in [0.1, 0.15) is 6.54 Å². The van der Waals surface area contributed by atoms with Crippen LogP contribution < -0.4 is 4.80 Å². The van der Waals surface area contributed by atoms with Gasteiger partial charge in [0.05, 0.1) is 22.3 Å². The molecule has 140 valence electrons. The third-order valence-corrected chi connectivity index (χ3v) is 6.08. The van der Waals surface area contributed by atoms with Crippen LogP contribution in [0.5, 0.6) is 0 Å². The number of halogens is 1. The molecule has 1 heterocycles. The van der Waals surface area contributed by atoms with Gasteiger partial charge in [-0.05, 0) is 24.3 Å². The molecule has 0 bridgehead atoms. The Bertz CT molecular complexity index is 1030. The summed E-state index contributed by atoms with van der Waals surface area (Å²) in [4.78, 5) is 29.9. The van der Waals surface area contributed by atoms with Gasteiger partial charge in [-0.15, -0.1) is 11.8 Å². The second kappa shape index (κ2) is 9.21. The van der Waals surface area contributed by atoms with E-state index in [9.17, 15) is 9.59 Å². The van der Waals surface area contributed by atoms with Crippen LogP contribution in [0.15, 0.2) is 58.4 Å². The van der Waals surface area contributed by atoms with Gasteiger partial charge < -0.3 is 9.30 Å². The number of carbonyl (C=O) groups is 2. The summed E-state index contributed by atoms with van der Waals surface area (Å²) >= 11 is 9.22. The Kier molecular flexibility index (Phi) is 6.71. The lowest BCUT2D eigenvalue weighted by molar-refractivity contribution is -0.141. The van der Waals surface area contributed by atoms with Crippen LogP contribution in [0.25, 0.3) is 10.2 Å². The third-order valence-electron chi connectivity index (χ3n) is 3.71. The summed E-state index contributed by atoms with van der Waals surface area (Å²) in [5, 5.41) is 0.501. The van der Waals surface area contributed by atoms with E-state index < -0.39 is 5.97 Å². The van der Waals surface area contributed by atoms with E-state index in [-0.39, 0.29) is 12.5 Å². The molecule has 3 rings (SSSR count). The maximum atomic E-state index is 12.3. The van der Waals surface area contributed by atoms with Crippen molar-refractivity contribution in [1.82, 2.24) is 4.57 Å². The molecule has 0 N–H and O–H groups in total. The predicted octanol–water partition coefficient (Wildman–Crippen LogP) is 4.14. The SMILES string of the molecule is COC(=O)Cn1c(=NC(=O)CCSc2ccccc2)sc2cccc(Cl)c21. The minimum absolute atomic E-state index is 0.0505. The van der Waals surface area contributed by atoms with Crippen LogP contribution in [0.3, 0.4) is 0 Å². The fourth-order valence-electron chi connectivity index (χ4n) is 2.45. The second-order valence-electron chi connectivity index (χ2n) is 5.55. The highest BCUT2D eigenvalue weighted by Crippen LogP contribution is 2.25. The number of fused-ring (bicyclic) bond motifs is 1. The molecular formula is C19H17ClN2O3S2. The van der Waals surface area contributed by atoms with E-state index in [0.29, 0.717) is 27.5 Å². The predicted molar refractivity (Wildman–Crippen MR) is 109 cm³/mol. The Morgan fingerprint density at radius 2 is 1.96 bits per heavy atom. The van der Waals surface area contributed by atoms with Crippen LogP contribution in [-0.2, 0) is 20.9 Å². The fraction of sp³-hybridized carbons (Fsp3) is 0.211. The summed E-state index contributed by atoms with van der Waals surface area (Å²) in [6.07, 6.45) is 0.305. The highest BCUT2D eigenvalue weighted by Gasteiger charge is 2.14. The number of para-hydroxylation sites is 1. The van der Waals surface area contributed by atoms with Crippen LogP contribution in [0.2, 0.25) is 5.02 Å². The summed E-state index contributed by atoms with van der Waals surface area (Å²) in [6, 6.07) is 15.3. The highest BCUT2D eigenvalue weighted by molar-refractivity contribution is 7.99. The van der Waals surface area contributed by atoms with E-state index in [2.05, 4.69) is 4.99 Å². The van der Waals surface area contributed by atoms with Crippen molar-refractivity contribution in [3.63, 3.8) is 0 Å². The first-order chi connectivity index (χ1) is 13.1. The highest BCUT2D eigenvalue weighted by atomic mass is 35.5. The Labute approximate surface area is 169 Å². The quantitative estimate of drug-likeness (QED) is 0.444. The molecule has 0 aliphatic heterocycles. The van der Waals surface area contributed by atoms with E-state index in [4.69, 9.17) is 16.3 Å². The summed E-state index contributed by atoms with van der Waals surface area (Å²) < 4.78 is 7.25. The molecule has 8 heteroatoms. The molecule has 0 unspecified atom stereocenters. The average molecular weight is 421 g/mol. The van der Waals surface area contributed by atoms with Gasteiger partial charge in [0.2, 0.25) is 5.91 Å². The van der Waals surface area contributed by atoms with Gasteiger partial charge in [-0.2, -0.15) is 4.99 Å². The van der Waals surface area contributed by atoms with Crippen LogP contribution in [0.4, 0.5) is 0 Å². The number of hydrogen-bond acceptors (Lipinski definition) is 5. The molecule has 2 aromatic carbocycles. The van der Waals surface area contributed by atoms with Crippen LogP contribution in [0, 0.1) is 0 Å².